The number of carbonyl (C=O) groups is 1. The molecule has 0 saturated carbocycles. The first-order chi connectivity index (χ1) is 30.4. The van der Waals surface area contributed by atoms with Crippen LogP contribution < -0.4 is 5.56 Å². The number of alkyl halides is 3. The monoisotopic (exact) mass is 686 g/mol. The van der Waals surface area contributed by atoms with Crippen LogP contribution >= 0.6 is 11.8 Å². The Bertz CT molecular complexity index is 2660. The summed E-state index contributed by atoms with van der Waals surface area (Å²) in [4.78, 5) is 33.9. The molecule has 0 radical (unpaired) electrons. The third-order valence-corrected chi connectivity index (χ3v) is 7.35. The molecular weight excluding hydrogens is 628 g/mol. The van der Waals surface area contributed by atoms with E-state index in [-0.39, 0.29) is 46.4 Å². The molecule has 1 aromatic heterocycles. The minimum absolute atomic E-state index is 0.0322. The number of rotatable bonds is 13. The van der Waals surface area contributed by atoms with E-state index in [1.54, 1.807) is 18.7 Å². The van der Waals surface area contributed by atoms with Crippen LogP contribution in [-0.4, -0.2) is 51.4 Å². The molecule has 1 aliphatic rings. The van der Waals surface area contributed by atoms with Gasteiger partial charge in [-0.05, 0) is 78.7 Å². The molecule has 47 heavy (non-hydrogen) atoms. The lowest BCUT2D eigenvalue weighted by atomic mass is 10.0. The first kappa shape index (κ1) is 16.9. The fourth-order valence-corrected chi connectivity index (χ4v) is 4.74. The van der Waals surface area contributed by atoms with Gasteiger partial charge in [0.1, 0.15) is 12.3 Å². The highest BCUT2D eigenvalue weighted by Gasteiger charge is 2.30. The SMILES string of the molecule is [2H]c1c([2H])c(C(F)(F)F)c([2H])c([2H])c1-c1c([2H])c([2H])c(C([2H])([2H])N(CCN(CC)CC)C(=O)C([2H])([2H])n2c(SC([2H])([2H])c3ccc(F)cc3)nc(=O)c3c2C([2H])([2H])C([2H])([2H])C3([2H])[2H])c([2H])c1[2H]. The molecule has 1 amide bonds. The van der Waals surface area contributed by atoms with Crippen molar-refractivity contribution in [2.45, 2.75) is 63.0 Å². The maximum Gasteiger partial charge on any atom is 0.416 e. The van der Waals surface area contributed by atoms with Gasteiger partial charge < -0.3 is 14.4 Å². The number of aromatic nitrogens is 2. The zero-order valence-electron chi connectivity index (χ0n) is 44.7. The Hall–Kier alpha value is -3.96. The molecular formula is C36H38F4N4O2S. The van der Waals surface area contributed by atoms with Crippen molar-refractivity contribution in [2.24, 2.45) is 0 Å². The standard InChI is InChI=1S/C36H38F4N4O2S/c1-3-42(4-2)20-21-43(22-25-8-12-27(13-9-25)28-14-16-29(17-15-28)36(38,39)40)33(45)23-44-32-7-5-6-31(32)34(46)41-35(44)47-24-26-10-18-30(37)19-11-26/h8-19H,3-7,20-24H2,1-2H3/i5D2,6D2,7D2,8D,9D,12D,13D,14D,15D,16D,17D,22D2,23D2,24D2. The Kier molecular flexibility index (Phi) is 5.51. The Balaban J connectivity index is 1.84. The van der Waals surface area contributed by atoms with Gasteiger partial charge in [0.05, 0.1) is 22.0 Å². The van der Waals surface area contributed by atoms with E-state index in [1.807, 2.05) is 0 Å². The topological polar surface area (TPSA) is 58.4 Å². The van der Waals surface area contributed by atoms with Crippen LogP contribution in [0.4, 0.5) is 17.6 Å². The van der Waals surface area contributed by atoms with Crippen molar-refractivity contribution >= 4 is 17.7 Å². The van der Waals surface area contributed by atoms with Gasteiger partial charge in [-0.25, -0.2) is 4.39 Å². The highest BCUT2D eigenvalue weighted by atomic mass is 32.2. The smallest absolute Gasteiger partial charge is 0.336 e. The highest BCUT2D eigenvalue weighted by Crippen LogP contribution is 2.31. The number of amides is 1. The van der Waals surface area contributed by atoms with Crippen LogP contribution in [0, 0.1) is 5.82 Å². The molecule has 0 saturated heterocycles. The summed E-state index contributed by atoms with van der Waals surface area (Å²) in [6, 6.07) is -8.19. The Labute approximate surface area is 304 Å². The van der Waals surface area contributed by atoms with Gasteiger partial charge in [0.25, 0.3) is 5.56 Å². The van der Waals surface area contributed by atoms with Crippen molar-refractivity contribution in [3.8, 4) is 11.1 Å². The molecule has 3 aromatic carbocycles. The molecule has 0 bridgehead atoms. The number of hydrogen-bond donors (Lipinski definition) is 0. The molecule has 5 rings (SSSR count). The van der Waals surface area contributed by atoms with Crippen LogP contribution in [0.3, 0.4) is 0 Å². The predicted molar refractivity (Wildman–Crippen MR) is 177 cm³/mol. The van der Waals surface area contributed by atoms with E-state index in [0.29, 0.717) is 0 Å². The lowest BCUT2D eigenvalue weighted by Crippen LogP contribution is -2.40. The van der Waals surface area contributed by atoms with E-state index >= 15 is 4.79 Å². The Morgan fingerprint density at radius 1 is 0.979 bits per heavy atom. The number of thioether (sulfide) groups is 1. The summed E-state index contributed by atoms with van der Waals surface area (Å²) < 4.78 is 229. The fraction of sp³-hybridized carbons (Fsp3) is 0.361. The molecule has 0 aliphatic heterocycles. The highest BCUT2D eigenvalue weighted by molar-refractivity contribution is 7.98. The van der Waals surface area contributed by atoms with Gasteiger partial charge in [0, 0.05) is 47.5 Å². The Morgan fingerprint density at radius 2 is 1.62 bits per heavy atom. The van der Waals surface area contributed by atoms with E-state index < -0.39 is 155 Å². The lowest BCUT2D eigenvalue weighted by molar-refractivity contribution is -0.137. The number of benzene rings is 3. The number of nitrogens with zero attached hydrogens (tertiary/aromatic N) is 4. The summed E-state index contributed by atoms with van der Waals surface area (Å²) in [6.07, 6.45) is -16.6. The summed E-state index contributed by atoms with van der Waals surface area (Å²) in [7, 11) is 0. The second-order valence-corrected chi connectivity index (χ2v) is 10.3. The average molecular weight is 687 g/mol. The predicted octanol–water partition coefficient (Wildman–Crippen LogP) is 7.22. The molecule has 0 unspecified atom stereocenters. The maximum atomic E-state index is 15.1. The summed E-state index contributed by atoms with van der Waals surface area (Å²) in [5.74, 6) is -2.94. The van der Waals surface area contributed by atoms with Gasteiger partial charge in [-0.3, -0.25) is 9.59 Å². The number of hydrogen-bond acceptors (Lipinski definition) is 5. The van der Waals surface area contributed by atoms with Gasteiger partial charge in [-0.2, -0.15) is 18.2 Å². The molecule has 0 N–H and O–H groups in total. The van der Waals surface area contributed by atoms with Crippen LogP contribution in [0.5, 0.6) is 0 Å². The largest absolute Gasteiger partial charge is 0.416 e. The summed E-state index contributed by atoms with van der Waals surface area (Å²) in [5, 5.41) is -1.23. The summed E-state index contributed by atoms with van der Waals surface area (Å²) in [5.41, 5.74) is -13.5. The van der Waals surface area contributed by atoms with E-state index in [0.717, 1.165) is 24.3 Å². The van der Waals surface area contributed by atoms with Crippen LogP contribution in [0.2, 0.25) is 0 Å². The second kappa shape index (κ2) is 15.3. The van der Waals surface area contributed by atoms with Gasteiger partial charge in [-0.1, -0.05) is 74.0 Å². The lowest BCUT2D eigenvalue weighted by Gasteiger charge is -2.28. The van der Waals surface area contributed by atoms with Crippen molar-refractivity contribution < 1.29 is 49.8 Å². The fourth-order valence-electron chi connectivity index (χ4n) is 4.03. The van der Waals surface area contributed by atoms with Gasteiger partial charge in [-0.15, -0.1) is 0 Å². The zero-order valence-corrected chi connectivity index (χ0v) is 25.5. The van der Waals surface area contributed by atoms with Gasteiger partial charge in [0.15, 0.2) is 5.16 Å². The molecule has 0 fully saturated rings. The number of carbonyl (C=O) groups excluding carboxylic acids is 1. The molecule has 1 aliphatic carbocycles. The quantitative estimate of drug-likeness (QED) is 0.0845. The molecule has 1 heterocycles. The third-order valence-electron chi connectivity index (χ3n) is 6.55. The van der Waals surface area contributed by atoms with Crippen LogP contribution in [-0.2, 0) is 42.4 Å². The molecule has 6 nitrogen and oxygen atoms in total. The minimum Gasteiger partial charge on any atom is -0.336 e. The summed E-state index contributed by atoms with van der Waals surface area (Å²) >= 11 is -0.178. The molecule has 11 heteroatoms. The normalized spacial score (nSPS) is 23.1. The number of halogens is 4. The van der Waals surface area contributed by atoms with Gasteiger partial charge in [0.2, 0.25) is 5.91 Å². The zero-order chi connectivity index (χ0) is 51.3. The minimum atomic E-state index is -5.42. The van der Waals surface area contributed by atoms with Crippen molar-refractivity contribution in [1.29, 1.82) is 0 Å². The first-order valence-corrected chi connectivity index (χ1v) is 14.7. The molecule has 0 atom stereocenters. The third kappa shape index (κ3) is 8.70. The molecule has 248 valence electrons. The van der Waals surface area contributed by atoms with Crippen LogP contribution in [0.25, 0.3) is 11.1 Å². The maximum absolute atomic E-state index is 15.1. The van der Waals surface area contributed by atoms with Crippen LogP contribution in [0.1, 0.15) is 75.6 Å². The number of fused-ring (bicyclic) bond motifs is 1. The molecule has 4 aromatic rings. The molecule has 0 spiro atoms. The van der Waals surface area contributed by atoms with E-state index in [4.69, 9.17) is 21.9 Å². The van der Waals surface area contributed by atoms with Crippen molar-refractivity contribution in [3.63, 3.8) is 0 Å². The van der Waals surface area contributed by atoms with Crippen molar-refractivity contribution in [1.82, 2.24) is 19.4 Å². The van der Waals surface area contributed by atoms with E-state index in [9.17, 15) is 27.8 Å². The Morgan fingerprint density at radius 3 is 2.23 bits per heavy atom. The van der Waals surface area contributed by atoms with Gasteiger partial charge >= 0.3 is 6.18 Å². The van der Waals surface area contributed by atoms with Crippen LogP contribution in [0.15, 0.2) is 82.6 Å². The van der Waals surface area contributed by atoms with E-state index in [1.165, 1.54) is 0 Å². The first-order valence-electron chi connectivity index (χ1n) is 23.9. The van der Waals surface area contributed by atoms with Crippen molar-refractivity contribution in [3.05, 3.63) is 117 Å². The van der Waals surface area contributed by atoms with E-state index in [2.05, 4.69) is 4.98 Å². The van der Waals surface area contributed by atoms with Crippen molar-refractivity contribution in [2.75, 3.05) is 26.2 Å². The second-order valence-electron chi connectivity index (χ2n) is 9.55. The average Bonchev–Trinajstić information content (AvgIpc) is 3.31. The number of likely N-dealkylation sites (N-methyl/N-ethyl adjacent to an activating group) is 1. The summed E-state index contributed by atoms with van der Waals surface area (Å²) in [6.45, 7) is -5.46.